The van der Waals surface area contributed by atoms with Gasteiger partial charge in [-0.05, 0) is 61.7 Å². The van der Waals surface area contributed by atoms with Crippen molar-refractivity contribution in [2.75, 3.05) is 19.4 Å². The summed E-state index contributed by atoms with van der Waals surface area (Å²) in [4.78, 5) is 17.3. The van der Waals surface area contributed by atoms with Gasteiger partial charge in [0.25, 0.3) is 5.91 Å². The summed E-state index contributed by atoms with van der Waals surface area (Å²) in [5, 5.41) is 5.16. The Balaban J connectivity index is 1.89. The van der Waals surface area contributed by atoms with Gasteiger partial charge < -0.3 is 0 Å². The fourth-order valence-electron chi connectivity index (χ4n) is 2.91. The van der Waals surface area contributed by atoms with Crippen LogP contribution < -0.4 is 5.32 Å². The maximum absolute atomic E-state index is 12.8. The summed E-state index contributed by atoms with van der Waals surface area (Å²) in [6.45, 7) is 6.13. The maximum atomic E-state index is 12.8. The number of halogens is 1. The number of anilines is 1. The van der Waals surface area contributed by atoms with Crippen molar-refractivity contribution in [1.29, 1.82) is 0 Å². The first kappa shape index (κ1) is 22.4. The van der Waals surface area contributed by atoms with E-state index >= 15 is 0 Å². The van der Waals surface area contributed by atoms with E-state index in [9.17, 15) is 13.2 Å². The molecule has 0 aliphatic rings. The second kappa shape index (κ2) is 8.47. The van der Waals surface area contributed by atoms with Crippen LogP contribution in [0.1, 0.15) is 27.0 Å². The van der Waals surface area contributed by atoms with Crippen molar-refractivity contribution < 1.29 is 13.2 Å². The van der Waals surface area contributed by atoms with Crippen molar-refractivity contribution in [3.8, 4) is 11.3 Å². The summed E-state index contributed by atoms with van der Waals surface area (Å²) in [6, 6.07) is 8.24. The Morgan fingerprint density at radius 3 is 2.40 bits per heavy atom. The average Bonchev–Trinajstić information content (AvgIpc) is 3.12. The van der Waals surface area contributed by atoms with Crippen molar-refractivity contribution in [3.05, 3.63) is 63.0 Å². The molecule has 0 bridgehead atoms. The SMILES string of the molecule is Cc1cc(C)c(-c2csc(NC(=O)c3cc(S(=O)(=O)N(C)C)ccc3Cl)n2)cc1C. The zero-order valence-corrected chi connectivity index (χ0v) is 19.7. The maximum Gasteiger partial charge on any atom is 0.259 e. The van der Waals surface area contributed by atoms with Crippen molar-refractivity contribution in [2.45, 2.75) is 25.7 Å². The number of aromatic nitrogens is 1. The molecule has 0 radical (unpaired) electrons. The molecule has 1 aromatic heterocycles. The monoisotopic (exact) mass is 463 g/mol. The number of sulfonamides is 1. The lowest BCUT2D eigenvalue weighted by molar-refractivity contribution is 0.102. The van der Waals surface area contributed by atoms with E-state index in [1.54, 1.807) is 0 Å². The van der Waals surface area contributed by atoms with E-state index in [0.29, 0.717) is 5.13 Å². The molecule has 1 N–H and O–H groups in total. The molecule has 30 heavy (non-hydrogen) atoms. The Hall–Kier alpha value is -2.26. The molecule has 0 saturated heterocycles. The topological polar surface area (TPSA) is 79.4 Å². The quantitative estimate of drug-likeness (QED) is 0.584. The lowest BCUT2D eigenvalue weighted by Gasteiger charge is -2.13. The number of aryl methyl sites for hydroxylation is 3. The van der Waals surface area contributed by atoms with Gasteiger partial charge in [0.1, 0.15) is 0 Å². The van der Waals surface area contributed by atoms with E-state index in [4.69, 9.17) is 11.6 Å². The molecule has 158 valence electrons. The molecule has 1 amide bonds. The number of nitrogens with zero attached hydrogens (tertiary/aromatic N) is 2. The number of hydrogen-bond donors (Lipinski definition) is 1. The summed E-state index contributed by atoms with van der Waals surface area (Å²) < 4.78 is 25.8. The molecule has 3 rings (SSSR count). The lowest BCUT2D eigenvalue weighted by Crippen LogP contribution is -2.23. The van der Waals surface area contributed by atoms with Gasteiger partial charge in [0.2, 0.25) is 10.0 Å². The molecular weight excluding hydrogens is 442 g/mol. The highest BCUT2D eigenvalue weighted by molar-refractivity contribution is 7.89. The molecule has 0 aliphatic carbocycles. The molecule has 0 aliphatic heterocycles. The first-order valence-corrected chi connectivity index (χ1v) is 11.8. The van der Waals surface area contributed by atoms with E-state index in [2.05, 4.69) is 29.4 Å². The minimum absolute atomic E-state index is 0.00682. The number of benzene rings is 2. The van der Waals surface area contributed by atoms with Crippen molar-refractivity contribution in [3.63, 3.8) is 0 Å². The normalized spacial score (nSPS) is 11.7. The predicted octanol–water partition coefficient (Wildman–Crippen LogP) is 4.89. The van der Waals surface area contributed by atoms with Gasteiger partial charge in [-0.25, -0.2) is 17.7 Å². The minimum atomic E-state index is -3.69. The van der Waals surface area contributed by atoms with Gasteiger partial charge in [-0.2, -0.15) is 0 Å². The van der Waals surface area contributed by atoms with E-state index in [0.717, 1.165) is 21.1 Å². The summed E-state index contributed by atoms with van der Waals surface area (Å²) >= 11 is 7.45. The Kier molecular flexibility index (Phi) is 6.33. The third-order valence-corrected chi connectivity index (χ3v) is 7.70. The number of carbonyl (C=O) groups is 1. The van der Waals surface area contributed by atoms with Crippen LogP contribution in [0.15, 0.2) is 40.6 Å². The third kappa shape index (κ3) is 4.41. The number of hydrogen-bond acceptors (Lipinski definition) is 5. The lowest BCUT2D eigenvalue weighted by atomic mass is 9.99. The Bertz CT molecular complexity index is 1230. The van der Waals surface area contributed by atoms with E-state index in [1.165, 1.54) is 54.8 Å². The predicted molar refractivity (Wildman–Crippen MR) is 122 cm³/mol. The summed E-state index contributed by atoms with van der Waals surface area (Å²) in [5.74, 6) is -0.520. The Morgan fingerprint density at radius 1 is 1.07 bits per heavy atom. The zero-order valence-electron chi connectivity index (χ0n) is 17.3. The van der Waals surface area contributed by atoms with Gasteiger partial charge in [0.15, 0.2) is 5.13 Å². The second-order valence-electron chi connectivity index (χ2n) is 7.17. The third-order valence-electron chi connectivity index (χ3n) is 4.80. The molecule has 0 spiro atoms. The minimum Gasteiger partial charge on any atom is -0.298 e. The van der Waals surface area contributed by atoms with Crippen molar-refractivity contribution in [2.24, 2.45) is 0 Å². The van der Waals surface area contributed by atoms with Gasteiger partial charge in [0.05, 0.1) is 21.2 Å². The number of thiazole rings is 1. The molecule has 3 aromatic rings. The highest BCUT2D eigenvalue weighted by atomic mass is 35.5. The van der Waals surface area contributed by atoms with Crippen LogP contribution in [0.5, 0.6) is 0 Å². The molecule has 0 unspecified atom stereocenters. The second-order valence-corrected chi connectivity index (χ2v) is 10.6. The van der Waals surface area contributed by atoms with Gasteiger partial charge >= 0.3 is 0 Å². The first-order chi connectivity index (χ1) is 14.0. The standard InChI is InChI=1S/C21H22ClN3O3S2/c1-12-8-14(3)16(9-13(12)2)19-11-29-21(23-19)24-20(26)17-10-15(6-7-18(17)22)30(27,28)25(4)5/h6-11H,1-5H3,(H,23,24,26). The molecule has 0 fully saturated rings. The van der Waals surface area contributed by atoms with Crippen LogP contribution in [-0.4, -0.2) is 37.7 Å². The van der Waals surface area contributed by atoms with Crippen LogP contribution in [0.2, 0.25) is 5.02 Å². The molecule has 0 atom stereocenters. The highest BCUT2D eigenvalue weighted by Gasteiger charge is 2.21. The van der Waals surface area contributed by atoms with Crippen LogP contribution in [-0.2, 0) is 10.0 Å². The highest BCUT2D eigenvalue weighted by Crippen LogP contribution is 2.30. The number of amides is 1. The Morgan fingerprint density at radius 2 is 1.73 bits per heavy atom. The fourth-order valence-corrected chi connectivity index (χ4v) is 4.74. The molecule has 1 heterocycles. The summed E-state index contributed by atoms with van der Waals surface area (Å²) in [6.07, 6.45) is 0. The van der Waals surface area contributed by atoms with E-state index in [-0.39, 0.29) is 15.5 Å². The van der Waals surface area contributed by atoms with Crippen LogP contribution in [0.4, 0.5) is 5.13 Å². The van der Waals surface area contributed by atoms with Crippen molar-refractivity contribution in [1.82, 2.24) is 9.29 Å². The van der Waals surface area contributed by atoms with Crippen molar-refractivity contribution >= 4 is 44.0 Å². The number of nitrogens with one attached hydrogen (secondary N) is 1. The van der Waals surface area contributed by atoms with Crippen LogP contribution in [0, 0.1) is 20.8 Å². The smallest absolute Gasteiger partial charge is 0.259 e. The van der Waals surface area contributed by atoms with Crippen LogP contribution in [0.3, 0.4) is 0 Å². The van der Waals surface area contributed by atoms with Gasteiger partial charge in [0, 0.05) is 25.0 Å². The van der Waals surface area contributed by atoms with Gasteiger partial charge in [-0.3, -0.25) is 10.1 Å². The molecule has 0 saturated carbocycles. The summed E-state index contributed by atoms with van der Waals surface area (Å²) in [7, 11) is -0.833. The fraction of sp³-hybridized carbons (Fsp3) is 0.238. The zero-order chi connectivity index (χ0) is 22.2. The number of carbonyl (C=O) groups excluding carboxylic acids is 1. The average molecular weight is 464 g/mol. The van der Waals surface area contributed by atoms with E-state index < -0.39 is 15.9 Å². The largest absolute Gasteiger partial charge is 0.298 e. The van der Waals surface area contributed by atoms with E-state index in [1.807, 2.05) is 19.2 Å². The van der Waals surface area contributed by atoms with Gasteiger partial charge in [-0.15, -0.1) is 11.3 Å². The first-order valence-electron chi connectivity index (χ1n) is 9.08. The number of rotatable bonds is 5. The molecule has 9 heteroatoms. The van der Waals surface area contributed by atoms with Gasteiger partial charge in [-0.1, -0.05) is 17.7 Å². The molecular formula is C21H22ClN3O3S2. The Labute approximate surface area is 185 Å². The van der Waals surface area contributed by atoms with Crippen LogP contribution >= 0.6 is 22.9 Å². The van der Waals surface area contributed by atoms with Crippen LogP contribution in [0.25, 0.3) is 11.3 Å². The molecule has 2 aromatic carbocycles. The summed E-state index contributed by atoms with van der Waals surface area (Å²) in [5.41, 5.74) is 5.32. The molecule has 6 nitrogen and oxygen atoms in total.